The third kappa shape index (κ3) is 3.41. The van der Waals surface area contributed by atoms with Crippen molar-refractivity contribution >= 4 is 23.4 Å². The van der Waals surface area contributed by atoms with E-state index in [0.717, 1.165) is 45.3 Å². The molecule has 0 bridgehead atoms. The number of aromatic amines is 1. The quantitative estimate of drug-likeness (QED) is 0.489. The molecular weight excluding hydrogens is 373 g/mol. The van der Waals surface area contributed by atoms with E-state index >= 15 is 0 Å². The Hall–Kier alpha value is -2.69. The van der Waals surface area contributed by atoms with Gasteiger partial charge in [-0.3, -0.25) is 0 Å². The molecule has 142 valence electrons. The first-order valence-electron chi connectivity index (χ1n) is 9.26. The van der Waals surface area contributed by atoms with E-state index in [1.54, 1.807) is 6.33 Å². The molecule has 1 aliphatic carbocycles. The maximum Gasteiger partial charge on any atom is 0.141 e. The van der Waals surface area contributed by atoms with E-state index in [2.05, 4.69) is 51.7 Å². The summed E-state index contributed by atoms with van der Waals surface area (Å²) in [5.41, 5.74) is 7.43. The molecule has 28 heavy (non-hydrogen) atoms. The molecule has 0 amide bonds. The summed E-state index contributed by atoms with van der Waals surface area (Å²) in [6.07, 6.45) is 1.53. The topological polar surface area (TPSA) is 40.7 Å². The number of benzene rings is 3. The van der Waals surface area contributed by atoms with Gasteiger partial charge in [0.15, 0.2) is 0 Å². The van der Waals surface area contributed by atoms with Gasteiger partial charge in [-0.2, -0.15) is 0 Å². The highest BCUT2D eigenvalue weighted by Gasteiger charge is 2.31. The average molecular weight is 394 g/mol. The molecule has 0 fully saturated rings. The Morgan fingerprint density at radius 1 is 1.00 bits per heavy atom. The summed E-state index contributed by atoms with van der Waals surface area (Å²) in [6, 6.07) is 22.3. The van der Waals surface area contributed by atoms with Crippen LogP contribution < -0.4 is 5.32 Å². The number of alkyl halides is 1. The lowest BCUT2D eigenvalue weighted by atomic mass is 10.0. The van der Waals surface area contributed by atoms with Crippen LogP contribution in [0, 0.1) is 0 Å². The van der Waals surface area contributed by atoms with Crippen LogP contribution in [0.15, 0.2) is 73.1 Å². The molecule has 1 aromatic heterocycles. The minimum Gasteiger partial charge on any atom is -0.345 e. The number of H-pyrrole nitrogens is 1. The van der Waals surface area contributed by atoms with Crippen LogP contribution in [-0.2, 0) is 13.0 Å². The molecule has 1 aliphatic rings. The minimum absolute atomic E-state index is 0. The smallest absolute Gasteiger partial charge is 0.141 e. The third-order valence-electron chi connectivity index (χ3n) is 5.42. The van der Waals surface area contributed by atoms with Gasteiger partial charge in [-0.25, -0.2) is 9.37 Å². The number of nitrogens with one attached hydrogen (secondary N) is 2. The molecule has 0 aliphatic heterocycles. The normalized spacial score (nSPS) is 18.0. The van der Waals surface area contributed by atoms with Crippen molar-refractivity contribution in [2.45, 2.75) is 25.2 Å². The van der Waals surface area contributed by atoms with Gasteiger partial charge < -0.3 is 10.3 Å². The van der Waals surface area contributed by atoms with E-state index in [1.165, 1.54) is 0 Å². The van der Waals surface area contributed by atoms with E-state index < -0.39 is 6.17 Å². The van der Waals surface area contributed by atoms with Crippen LogP contribution in [0.5, 0.6) is 0 Å². The van der Waals surface area contributed by atoms with E-state index in [-0.39, 0.29) is 18.4 Å². The third-order valence-corrected chi connectivity index (χ3v) is 5.42. The zero-order valence-corrected chi connectivity index (χ0v) is 16.0. The molecule has 0 saturated carbocycles. The molecule has 5 heteroatoms. The van der Waals surface area contributed by atoms with Crippen molar-refractivity contribution in [2.75, 3.05) is 0 Å². The minimum atomic E-state index is -0.929. The molecule has 5 rings (SSSR count). The van der Waals surface area contributed by atoms with Crippen molar-refractivity contribution in [1.29, 1.82) is 0 Å². The van der Waals surface area contributed by atoms with Gasteiger partial charge in [-0.1, -0.05) is 54.6 Å². The average Bonchev–Trinajstić information content (AvgIpc) is 3.31. The highest BCUT2D eigenvalue weighted by molar-refractivity contribution is 5.85. The number of hydrogen-bond donors (Lipinski definition) is 2. The number of aromatic nitrogens is 2. The molecule has 0 saturated heterocycles. The van der Waals surface area contributed by atoms with E-state index in [1.807, 2.05) is 30.3 Å². The van der Waals surface area contributed by atoms with Gasteiger partial charge in [0.25, 0.3) is 0 Å². The molecule has 0 unspecified atom stereocenters. The molecule has 4 aromatic rings. The lowest BCUT2D eigenvalue weighted by Gasteiger charge is -2.15. The van der Waals surface area contributed by atoms with Crippen molar-refractivity contribution in [3.63, 3.8) is 0 Å². The predicted octanol–water partition coefficient (Wildman–Crippen LogP) is 5.38. The Morgan fingerprint density at radius 3 is 2.61 bits per heavy atom. The number of halogens is 2. The Morgan fingerprint density at radius 2 is 1.79 bits per heavy atom. The first-order chi connectivity index (χ1) is 13.3. The number of imidazole rings is 1. The van der Waals surface area contributed by atoms with Crippen LogP contribution in [0.1, 0.15) is 22.9 Å². The molecule has 2 N–H and O–H groups in total. The van der Waals surface area contributed by atoms with Crippen molar-refractivity contribution < 1.29 is 4.39 Å². The van der Waals surface area contributed by atoms with Gasteiger partial charge in [0.05, 0.1) is 17.4 Å². The van der Waals surface area contributed by atoms with E-state index in [0.29, 0.717) is 6.54 Å². The van der Waals surface area contributed by atoms with Crippen LogP contribution in [0.4, 0.5) is 4.39 Å². The zero-order chi connectivity index (χ0) is 18.2. The fraction of sp³-hybridized carbons (Fsp3) is 0.174. The second-order valence-corrected chi connectivity index (χ2v) is 7.12. The summed E-state index contributed by atoms with van der Waals surface area (Å²) in [5.74, 6) is 0. The number of hydrogen-bond acceptors (Lipinski definition) is 2. The Labute approximate surface area is 169 Å². The first kappa shape index (κ1) is 18.7. The maximum absolute atomic E-state index is 14.6. The molecule has 0 radical (unpaired) electrons. The van der Waals surface area contributed by atoms with Crippen LogP contribution in [-0.4, -0.2) is 16.0 Å². The van der Waals surface area contributed by atoms with Crippen molar-refractivity contribution in [3.05, 3.63) is 89.7 Å². The lowest BCUT2D eigenvalue weighted by Crippen LogP contribution is -2.30. The van der Waals surface area contributed by atoms with Crippen LogP contribution >= 0.6 is 12.4 Å². The lowest BCUT2D eigenvalue weighted by molar-refractivity contribution is 0.271. The largest absolute Gasteiger partial charge is 0.345 e. The summed E-state index contributed by atoms with van der Waals surface area (Å²) in [4.78, 5) is 7.40. The van der Waals surface area contributed by atoms with Gasteiger partial charge in [0.1, 0.15) is 6.17 Å². The molecule has 2 atom stereocenters. The van der Waals surface area contributed by atoms with E-state index in [4.69, 9.17) is 0 Å². The van der Waals surface area contributed by atoms with Gasteiger partial charge >= 0.3 is 0 Å². The summed E-state index contributed by atoms with van der Waals surface area (Å²) in [6.45, 7) is 0.666. The highest BCUT2D eigenvalue weighted by atomic mass is 35.5. The maximum atomic E-state index is 14.6. The van der Waals surface area contributed by atoms with Gasteiger partial charge in [0.2, 0.25) is 0 Å². The molecule has 0 spiro atoms. The molecule has 3 nitrogen and oxygen atoms in total. The van der Waals surface area contributed by atoms with Crippen LogP contribution in [0.25, 0.3) is 22.2 Å². The molecular formula is C23H21ClFN3. The van der Waals surface area contributed by atoms with E-state index in [9.17, 15) is 4.39 Å². The van der Waals surface area contributed by atoms with Gasteiger partial charge in [-0.15, -0.1) is 12.4 Å². The number of fused-ring (bicyclic) bond motifs is 2. The number of nitrogens with zero attached hydrogens (tertiary/aromatic N) is 1. The van der Waals surface area contributed by atoms with Gasteiger partial charge in [-0.05, 0) is 46.4 Å². The first-order valence-corrected chi connectivity index (χ1v) is 9.26. The van der Waals surface area contributed by atoms with Crippen molar-refractivity contribution in [3.8, 4) is 11.1 Å². The predicted molar refractivity (Wildman–Crippen MR) is 113 cm³/mol. The monoisotopic (exact) mass is 393 g/mol. The SMILES string of the molecule is Cl.F[C@H]1c2ccccc2C[C@H]1NCc1ccc(-c2ccc3nc[nH]c3c2)cc1. The summed E-state index contributed by atoms with van der Waals surface area (Å²) >= 11 is 0. The van der Waals surface area contributed by atoms with Crippen LogP contribution in [0.3, 0.4) is 0 Å². The van der Waals surface area contributed by atoms with Crippen LogP contribution in [0.2, 0.25) is 0 Å². The fourth-order valence-corrected chi connectivity index (χ4v) is 3.90. The second-order valence-electron chi connectivity index (χ2n) is 7.12. The Kier molecular flexibility index (Phi) is 5.16. The Bertz CT molecular complexity index is 1090. The fourth-order valence-electron chi connectivity index (χ4n) is 3.90. The summed E-state index contributed by atoms with van der Waals surface area (Å²) in [5, 5.41) is 3.39. The molecule has 1 heterocycles. The second kappa shape index (κ2) is 7.74. The number of rotatable bonds is 4. The Balaban J connectivity index is 0.00000192. The summed E-state index contributed by atoms with van der Waals surface area (Å²) in [7, 11) is 0. The van der Waals surface area contributed by atoms with Gasteiger partial charge in [0, 0.05) is 12.6 Å². The molecule has 3 aromatic carbocycles. The highest BCUT2D eigenvalue weighted by Crippen LogP contribution is 2.34. The van der Waals surface area contributed by atoms with Crippen molar-refractivity contribution in [2.24, 2.45) is 0 Å². The van der Waals surface area contributed by atoms with Crippen molar-refractivity contribution in [1.82, 2.24) is 15.3 Å². The zero-order valence-electron chi connectivity index (χ0n) is 15.2. The standard InChI is InChI=1S/C23H20FN3.ClH/c24-23-19-4-2-1-3-18(19)12-22(23)25-13-15-5-7-16(8-6-15)17-9-10-20-21(11-17)27-14-26-20;/h1-11,14,22-23,25H,12-13H2,(H,26,27);1H/t22-,23+;/m1./s1. The summed E-state index contributed by atoms with van der Waals surface area (Å²) < 4.78 is 14.6.